The predicted octanol–water partition coefficient (Wildman–Crippen LogP) is 2.94. The van der Waals surface area contributed by atoms with Crippen molar-refractivity contribution in [3.05, 3.63) is 0 Å². The first kappa shape index (κ1) is 17.7. The quantitative estimate of drug-likeness (QED) is 0.700. The highest BCUT2D eigenvalue weighted by molar-refractivity contribution is 4.77. The second-order valence-electron chi connectivity index (χ2n) is 5.60. The number of nitrogens with two attached hydrogens (primary N) is 1. The van der Waals surface area contributed by atoms with Gasteiger partial charge in [0.05, 0.1) is 6.10 Å². The predicted molar refractivity (Wildman–Crippen MR) is 73.6 cm³/mol. The molecule has 1 unspecified atom stereocenters. The van der Waals surface area contributed by atoms with Crippen molar-refractivity contribution >= 4 is 0 Å². The first-order chi connectivity index (χ1) is 9.42. The Bertz CT molecular complexity index is 253. The van der Waals surface area contributed by atoms with Gasteiger partial charge in [0.15, 0.2) is 0 Å². The highest BCUT2D eigenvalue weighted by atomic mass is 19.4. The van der Waals surface area contributed by atoms with Crippen LogP contribution in [-0.4, -0.2) is 49.5 Å². The van der Waals surface area contributed by atoms with Crippen LogP contribution >= 0.6 is 0 Å². The summed E-state index contributed by atoms with van der Waals surface area (Å²) in [5, 5.41) is 0. The van der Waals surface area contributed by atoms with Crippen LogP contribution in [0, 0.1) is 0 Å². The molecule has 0 spiro atoms. The van der Waals surface area contributed by atoms with Crippen molar-refractivity contribution in [1.82, 2.24) is 4.90 Å². The smallest absolute Gasteiger partial charge is 0.378 e. The van der Waals surface area contributed by atoms with Gasteiger partial charge in [-0.15, -0.1) is 0 Å². The lowest BCUT2D eigenvalue weighted by molar-refractivity contribution is -0.136. The first-order valence-electron chi connectivity index (χ1n) is 7.55. The van der Waals surface area contributed by atoms with Crippen LogP contribution < -0.4 is 5.73 Å². The Kier molecular flexibility index (Phi) is 7.84. The van der Waals surface area contributed by atoms with Crippen molar-refractivity contribution in [3.63, 3.8) is 0 Å². The van der Waals surface area contributed by atoms with Crippen LogP contribution in [0.3, 0.4) is 0 Å². The molecule has 6 heteroatoms. The van der Waals surface area contributed by atoms with E-state index in [1.54, 1.807) is 0 Å². The fourth-order valence-electron chi connectivity index (χ4n) is 2.60. The summed E-state index contributed by atoms with van der Waals surface area (Å²) >= 11 is 0. The van der Waals surface area contributed by atoms with Gasteiger partial charge in [0, 0.05) is 32.2 Å². The lowest BCUT2D eigenvalue weighted by Gasteiger charge is -2.36. The summed E-state index contributed by atoms with van der Waals surface area (Å²) in [6.45, 7) is 5.21. The summed E-state index contributed by atoms with van der Waals surface area (Å²) in [4.78, 5) is 2.28. The zero-order valence-corrected chi connectivity index (χ0v) is 12.3. The second kappa shape index (κ2) is 8.85. The number of halogens is 3. The monoisotopic (exact) mass is 296 g/mol. The number of ether oxygens (including phenoxy) is 1. The van der Waals surface area contributed by atoms with Crippen molar-refractivity contribution in [1.29, 1.82) is 0 Å². The van der Waals surface area contributed by atoms with Gasteiger partial charge < -0.3 is 15.4 Å². The fourth-order valence-corrected chi connectivity index (χ4v) is 2.60. The van der Waals surface area contributed by atoms with E-state index in [-0.39, 0.29) is 12.5 Å². The SMILES string of the molecule is CC(CCCC(F)(F)F)N1CCC(OCCCN)CC1. The number of alkyl halides is 3. The third kappa shape index (κ3) is 7.45. The number of hydrogen-bond acceptors (Lipinski definition) is 3. The van der Waals surface area contributed by atoms with E-state index in [1.807, 2.05) is 6.92 Å². The molecule has 120 valence electrons. The molecular weight excluding hydrogens is 269 g/mol. The Morgan fingerprint density at radius 2 is 1.90 bits per heavy atom. The summed E-state index contributed by atoms with van der Waals surface area (Å²) in [5.74, 6) is 0. The van der Waals surface area contributed by atoms with Gasteiger partial charge in [0.25, 0.3) is 0 Å². The van der Waals surface area contributed by atoms with Gasteiger partial charge in [0.1, 0.15) is 0 Å². The van der Waals surface area contributed by atoms with E-state index < -0.39 is 12.6 Å². The van der Waals surface area contributed by atoms with Crippen LogP contribution in [0.4, 0.5) is 13.2 Å². The van der Waals surface area contributed by atoms with Gasteiger partial charge in [-0.25, -0.2) is 0 Å². The third-order valence-electron chi connectivity index (χ3n) is 3.88. The Balaban J connectivity index is 2.14. The zero-order valence-electron chi connectivity index (χ0n) is 12.3. The van der Waals surface area contributed by atoms with Gasteiger partial charge in [-0.1, -0.05) is 0 Å². The molecule has 0 aliphatic carbocycles. The van der Waals surface area contributed by atoms with E-state index in [1.165, 1.54) is 0 Å². The van der Waals surface area contributed by atoms with Crippen molar-refractivity contribution < 1.29 is 17.9 Å². The van der Waals surface area contributed by atoms with E-state index in [4.69, 9.17) is 10.5 Å². The van der Waals surface area contributed by atoms with E-state index in [0.29, 0.717) is 25.7 Å². The van der Waals surface area contributed by atoms with E-state index >= 15 is 0 Å². The average molecular weight is 296 g/mol. The molecule has 1 heterocycles. The molecule has 0 aromatic heterocycles. The van der Waals surface area contributed by atoms with Crippen LogP contribution in [0.2, 0.25) is 0 Å². The number of piperidine rings is 1. The molecule has 2 N–H and O–H groups in total. The summed E-state index contributed by atoms with van der Waals surface area (Å²) in [6.07, 6.45) is -0.758. The summed E-state index contributed by atoms with van der Waals surface area (Å²) in [5.41, 5.74) is 5.41. The minimum Gasteiger partial charge on any atom is -0.378 e. The molecule has 1 aliphatic heterocycles. The molecule has 1 saturated heterocycles. The van der Waals surface area contributed by atoms with Gasteiger partial charge in [-0.05, 0) is 45.6 Å². The van der Waals surface area contributed by atoms with Crippen LogP contribution in [0.25, 0.3) is 0 Å². The highest BCUT2D eigenvalue weighted by Crippen LogP contribution is 2.24. The normalized spacial score (nSPS) is 20.2. The van der Waals surface area contributed by atoms with Gasteiger partial charge in [0.2, 0.25) is 0 Å². The molecule has 1 atom stereocenters. The third-order valence-corrected chi connectivity index (χ3v) is 3.88. The Morgan fingerprint density at radius 1 is 1.25 bits per heavy atom. The minimum atomic E-state index is -4.02. The number of hydrogen-bond donors (Lipinski definition) is 1. The highest BCUT2D eigenvalue weighted by Gasteiger charge is 2.28. The van der Waals surface area contributed by atoms with Crippen molar-refractivity contribution in [2.45, 2.75) is 63.8 Å². The van der Waals surface area contributed by atoms with Crippen LogP contribution in [0.15, 0.2) is 0 Å². The molecule has 0 amide bonds. The van der Waals surface area contributed by atoms with Gasteiger partial charge >= 0.3 is 6.18 Å². The Morgan fingerprint density at radius 3 is 2.45 bits per heavy atom. The largest absolute Gasteiger partial charge is 0.389 e. The van der Waals surface area contributed by atoms with Gasteiger partial charge in [-0.3, -0.25) is 0 Å². The lowest BCUT2D eigenvalue weighted by atomic mass is 10.0. The van der Waals surface area contributed by atoms with Crippen molar-refractivity contribution in [2.75, 3.05) is 26.2 Å². The molecule has 0 aromatic carbocycles. The maximum Gasteiger partial charge on any atom is 0.389 e. The summed E-state index contributed by atoms with van der Waals surface area (Å²) in [6, 6.07) is 0.224. The van der Waals surface area contributed by atoms with Crippen molar-refractivity contribution in [3.8, 4) is 0 Å². The number of rotatable bonds is 8. The molecule has 0 radical (unpaired) electrons. The summed E-state index contributed by atoms with van der Waals surface area (Å²) in [7, 11) is 0. The molecule has 0 aromatic rings. The zero-order chi connectivity index (χ0) is 15.0. The van der Waals surface area contributed by atoms with E-state index in [0.717, 1.165) is 32.4 Å². The number of nitrogens with zero attached hydrogens (tertiary/aromatic N) is 1. The number of likely N-dealkylation sites (tertiary alicyclic amines) is 1. The molecule has 3 nitrogen and oxygen atoms in total. The lowest BCUT2D eigenvalue weighted by Crippen LogP contribution is -2.42. The molecule has 1 fully saturated rings. The minimum absolute atomic E-state index is 0.220. The molecule has 1 aliphatic rings. The first-order valence-corrected chi connectivity index (χ1v) is 7.55. The molecule has 20 heavy (non-hydrogen) atoms. The summed E-state index contributed by atoms with van der Waals surface area (Å²) < 4.78 is 42.0. The Hall–Kier alpha value is -0.330. The van der Waals surface area contributed by atoms with E-state index in [9.17, 15) is 13.2 Å². The van der Waals surface area contributed by atoms with Crippen LogP contribution in [-0.2, 0) is 4.74 Å². The molecule has 0 bridgehead atoms. The standard InChI is InChI=1S/C14H27F3N2O/c1-12(4-2-7-14(15,16)17)19-9-5-13(6-10-19)20-11-3-8-18/h12-13H,2-11,18H2,1H3. The Labute approximate surface area is 119 Å². The second-order valence-corrected chi connectivity index (χ2v) is 5.60. The molecular formula is C14H27F3N2O. The van der Waals surface area contributed by atoms with E-state index in [2.05, 4.69) is 4.90 Å². The van der Waals surface area contributed by atoms with Crippen LogP contribution in [0.5, 0.6) is 0 Å². The molecule has 0 saturated carbocycles. The average Bonchev–Trinajstić information content (AvgIpc) is 2.38. The topological polar surface area (TPSA) is 38.5 Å². The van der Waals surface area contributed by atoms with Crippen LogP contribution in [0.1, 0.15) is 45.4 Å². The van der Waals surface area contributed by atoms with Crippen molar-refractivity contribution in [2.24, 2.45) is 5.73 Å². The fraction of sp³-hybridized carbons (Fsp3) is 1.00. The van der Waals surface area contributed by atoms with Gasteiger partial charge in [-0.2, -0.15) is 13.2 Å². The maximum absolute atomic E-state index is 12.1. The maximum atomic E-state index is 12.1. The molecule has 1 rings (SSSR count).